The van der Waals surface area contributed by atoms with Gasteiger partial charge in [-0.25, -0.2) is 0 Å². The number of hydrogen-bond donors (Lipinski definition) is 0. The zero-order valence-corrected chi connectivity index (χ0v) is 13.5. The van der Waals surface area contributed by atoms with E-state index < -0.39 is 0 Å². The van der Waals surface area contributed by atoms with Gasteiger partial charge in [0, 0.05) is 0 Å². The van der Waals surface area contributed by atoms with Crippen LogP contribution in [0.15, 0.2) is 30.3 Å². The molecule has 1 saturated carbocycles. The van der Waals surface area contributed by atoms with E-state index in [-0.39, 0.29) is 14.9 Å². The fraction of sp³-hybridized carbons (Fsp3) is 0.700. The van der Waals surface area contributed by atoms with E-state index in [1.807, 2.05) is 45.9 Å². The molecule has 1 aliphatic rings. The monoisotopic (exact) mass is 282 g/mol. The van der Waals surface area contributed by atoms with Gasteiger partial charge in [0.1, 0.15) is 0 Å². The molecule has 1 aliphatic carbocycles. The number of aryl methyl sites for hydroxylation is 1. The van der Waals surface area contributed by atoms with Crippen molar-refractivity contribution in [2.24, 2.45) is 5.92 Å². The molecule has 0 N–H and O–H groups in total. The molecule has 1 aromatic carbocycles. The molecule has 0 spiro atoms. The van der Waals surface area contributed by atoms with Gasteiger partial charge in [-0.1, -0.05) is 117 Å². The van der Waals surface area contributed by atoms with Crippen LogP contribution in [0.2, 0.25) is 0 Å². The normalized spacial score (nSPS) is 12.5. The summed E-state index contributed by atoms with van der Waals surface area (Å²) in [4.78, 5) is 0. The summed E-state index contributed by atoms with van der Waals surface area (Å²) >= 11 is 0. The Hall–Kier alpha value is -0.780. The van der Waals surface area contributed by atoms with Gasteiger partial charge in [0.25, 0.3) is 0 Å². The van der Waals surface area contributed by atoms with Crippen molar-refractivity contribution in [1.29, 1.82) is 0 Å². The molecular weight excluding hydrogens is 240 g/mol. The summed E-state index contributed by atoms with van der Waals surface area (Å²) < 4.78 is 0. The van der Waals surface area contributed by atoms with Gasteiger partial charge < -0.3 is 0 Å². The van der Waals surface area contributed by atoms with E-state index >= 15 is 0 Å². The van der Waals surface area contributed by atoms with Crippen LogP contribution in [-0.4, -0.2) is 0 Å². The molecule has 1 fully saturated rings. The van der Waals surface area contributed by atoms with Crippen molar-refractivity contribution in [3.63, 3.8) is 0 Å². The first-order valence-corrected chi connectivity index (χ1v) is 7.80. The van der Waals surface area contributed by atoms with Crippen molar-refractivity contribution in [2.75, 3.05) is 0 Å². The molecule has 0 amide bonds. The molecule has 2 rings (SSSR count). The maximum Gasteiger partial charge on any atom is -0.0398 e. The van der Waals surface area contributed by atoms with Crippen molar-refractivity contribution >= 4 is 0 Å². The molecule has 1 aromatic rings. The van der Waals surface area contributed by atoms with Gasteiger partial charge in [-0.15, -0.1) is 0 Å². The van der Waals surface area contributed by atoms with Crippen molar-refractivity contribution in [2.45, 2.75) is 88.5 Å². The first-order valence-electron chi connectivity index (χ1n) is 7.80. The molecular formula is C20H42. The number of hydrogen-bond acceptors (Lipinski definition) is 0. The summed E-state index contributed by atoms with van der Waals surface area (Å²) in [6, 6.07) is 10.3. The summed E-state index contributed by atoms with van der Waals surface area (Å²) in [6.07, 6.45) is 7.44. The summed E-state index contributed by atoms with van der Waals surface area (Å²) in [5.74, 6) is 1.04. The SMILES string of the molecule is C.C.CC.CC.CC1CCCCC1.Cc1ccccc1. The van der Waals surface area contributed by atoms with Gasteiger partial charge in [-0.2, -0.15) is 0 Å². The maximum atomic E-state index is 2.36. The van der Waals surface area contributed by atoms with Gasteiger partial charge in [-0.3, -0.25) is 0 Å². The molecule has 122 valence electrons. The molecule has 20 heavy (non-hydrogen) atoms. The van der Waals surface area contributed by atoms with Crippen LogP contribution in [0.4, 0.5) is 0 Å². The molecule has 0 heterocycles. The zero-order valence-electron chi connectivity index (χ0n) is 13.5. The average molecular weight is 283 g/mol. The van der Waals surface area contributed by atoms with Crippen molar-refractivity contribution in [3.05, 3.63) is 35.9 Å². The Kier molecular flexibility index (Phi) is 32.1. The van der Waals surface area contributed by atoms with Crippen LogP contribution in [0, 0.1) is 12.8 Å². The Morgan fingerprint density at radius 3 is 1.35 bits per heavy atom. The predicted molar refractivity (Wildman–Crippen MR) is 99.6 cm³/mol. The second kappa shape index (κ2) is 23.3. The molecule has 0 heteroatoms. The van der Waals surface area contributed by atoms with E-state index in [4.69, 9.17) is 0 Å². The van der Waals surface area contributed by atoms with E-state index in [0.29, 0.717) is 0 Å². The van der Waals surface area contributed by atoms with Crippen LogP contribution in [0.3, 0.4) is 0 Å². The third-order valence-corrected chi connectivity index (χ3v) is 2.83. The highest BCUT2D eigenvalue weighted by Crippen LogP contribution is 2.22. The van der Waals surface area contributed by atoms with E-state index in [1.54, 1.807) is 0 Å². The van der Waals surface area contributed by atoms with Crippen molar-refractivity contribution in [3.8, 4) is 0 Å². The fourth-order valence-electron chi connectivity index (χ4n) is 1.84. The molecule has 0 bridgehead atoms. The molecule has 0 aliphatic heterocycles. The number of benzene rings is 1. The van der Waals surface area contributed by atoms with E-state index in [2.05, 4.69) is 26.0 Å². The summed E-state index contributed by atoms with van der Waals surface area (Å²) in [5, 5.41) is 0. The fourth-order valence-corrected chi connectivity index (χ4v) is 1.84. The molecule has 0 radical (unpaired) electrons. The smallest absolute Gasteiger partial charge is 0.0398 e. The lowest BCUT2D eigenvalue weighted by atomic mass is 9.91. The third kappa shape index (κ3) is 19.6. The molecule has 0 nitrogen and oxygen atoms in total. The maximum absolute atomic E-state index is 2.36. The molecule has 0 saturated heterocycles. The first kappa shape index (κ1) is 27.5. The van der Waals surface area contributed by atoms with Gasteiger partial charge >= 0.3 is 0 Å². The minimum atomic E-state index is 0. The van der Waals surface area contributed by atoms with Gasteiger partial charge in [0.15, 0.2) is 0 Å². The largest absolute Gasteiger partial charge is 0.0776 e. The average Bonchev–Trinajstić information content (AvgIpc) is 2.46. The summed E-state index contributed by atoms with van der Waals surface area (Å²) in [6.45, 7) is 12.4. The second-order valence-corrected chi connectivity index (χ2v) is 4.40. The van der Waals surface area contributed by atoms with Crippen LogP contribution < -0.4 is 0 Å². The van der Waals surface area contributed by atoms with Gasteiger partial charge in [-0.05, 0) is 12.8 Å². The summed E-state index contributed by atoms with van der Waals surface area (Å²) in [7, 11) is 0. The Balaban J connectivity index is -0.0000000950. The molecule has 0 atom stereocenters. The summed E-state index contributed by atoms with van der Waals surface area (Å²) in [5.41, 5.74) is 1.32. The molecule has 0 unspecified atom stereocenters. The predicted octanol–water partition coefficient (Wildman–Crippen LogP) is 7.91. The van der Waals surface area contributed by atoms with Crippen LogP contribution in [0.1, 0.15) is 87.1 Å². The van der Waals surface area contributed by atoms with E-state index in [1.165, 1.54) is 37.7 Å². The Bertz CT molecular complexity index is 219. The zero-order chi connectivity index (χ0) is 14.2. The van der Waals surface area contributed by atoms with Crippen molar-refractivity contribution < 1.29 is 0 Å². The first-order chi connectivity index (χ1) is 8.79. The minimum absolute atomic E-state index is 0. The van der Waals surface area contributed by atoms with Gasteiger partial charge in [0.2, 0.25) is 0 Å². The van der Waals surface area contributed by atoms with Crippen LogP contribution in [0.5, 0.6) is 0 Å². The van der Waals surface area contributed by atoms with Gasteiger partial charge in [0.05, 0.1) is 0 Å². The lowest BCUT2D eigenvalue weighted by Gasteiger charge is -2.15. The van der Waals surface area contributed by atoms with Crippen LogP contribution in [-0.2, 0) is 0 Å². The minimum Gasteiger partial charge on any atom is -0.0776 e. The van der Waals surface area contributed by atoms with E-state index in [9.17, 15) is 0 Å². The Morgan fingerprint density at radius 1 is 0.750 bits per heavy atom. The highest BCUT2D eigenvalue weighted by Gasteiger charge is 2.05. The highest BCUT2D eigenvalue weighted by atomic mass is 14.1. The van der Waals surface area contributed by atoms with Crippen LogP contribution >= 0.6 is 0 Å². The standard InChI is InChI=1S/C7H14.C7H8.2C2H6.2CH4/c2*1-7-5-3-2-4-6-7;2*1-2;;/h7H,2-6H2,1H3;2-6H,1H3;2*1-2H3;2*1H4. The van der Waals surface area contributed by atoms with Crippen molar-refractivity contribution in [1.82, 2.24) is 0 Å². The number of rotatable bonds is 0. The lowest BCUT2D eigenvalue weighted by molar-refractivity contribution is 0.385. The molecule has 0 aromatic heterocycles. The Morgan fingerprint density at radius 2 is 1.15 bits per heavy atom. The highest BCUT2D eigenvalue weighted by molar-refractivity contribution is 5.11. The topological polar surface area (TPSA) is 0 Å². The quantitative estimate of drug-likeness (QED) is 0.453. The third-order valence-electron chi connectivity index (χ3n) is 2.83. The Labute approximate surface area is 131 Å². The van der Waals surface area contributed by atoms with E-state index in [0.717, 1.165) is 5.92 Å². The van der Waals surface area contributed by atoms with Crippen LogP contribution in [0.25, 0.3) is 0 Å². The second-order valence-electron chi connectivity index (χ2n) is 4.40. The lowest BCUT2D eigenvalue weighted by Crippen LogP contribution is -1.99.